The Balaban J connectivity index is 0.920. The number of Topliss-reactive ketones (excluding diaryl/α,β-unsaturated/α-hetero) is 1. The summed E-state index contributed by atoms with van der Waals surface area (Å²) in [6, 6.07) is 7.27. The van der Waals surface area contributed by atoms with E-state index in [1.807, 2.05) is 39.8 Å². The lowest BCUT2D eigenvalue weighted by atomic mass is 9.33. The third kappa shape index (κ3) is 8.58. The van der Waals surface area contributed by atoms with Crippen LogP contribution >= 0.6 is 0 Å². The van der Waals surface area contributed by atoms with Crippen molar-refractivity contribution in [2.24, 2.45) is 68.0 Å². The van der Waals surface area contributed by atoms with Gasteiger partial charge in [0.1, 0.15) is 18.5 Å². The SMILES string of the molecule is CC(C)C1=C2[C@H]3CC[C@@H]4[C@@]5(C)CC[C@H](OC(=O)[C@H]6C[C@@H](C(=O)O)C6(C)C)C(C)(C)[C@@H]5CC[C@@]4(C)[C@]3(C)CC[C@@]2([C@@H](O)CNCC(C)(C)NC(=O)c2ccc(OCCN3CCOCC3)cc2)CC1=O. The van der Waals surface area contributed by atoms with Crippen molar-refractivity contribution in [3.63, 3.8) is 0 Å². The van der Waals surface area contributed by atoms with Gasteiger partial charge in [0.05, 0.1) is 31.2 Å². The van der Waals surface area contributed by atoms with Gasteiger partial charge >= 0.3 is 11.9 Å². The fourth-order valence-electron chi connectivity index (χ4n) is 16.2. The highest BCUT2D eigenvalue weighted by Gasteiger charge is 2.71. The van der Waals surface area contributed by atoms with Crippen molar-refractivity contribution in [3.8, 4) is 5.75 Å². The number of benzene rings is 1. The zero-order valence-corrected chi connectivity index (χ0v) is 43.4. The van der Waals surface area contributed by atoms with Gasteiger partial charge in [-0.15, -0.1) is 0 Å². The minimum atomic E-state index is -0.839. The van der Waals surface area contributed by atoms with Crippen molar-refractivity contribution in [2.75, 3.05) is 52.5 Å². The standard InChI is InChI=1S/C56H85N3O9/c1-34(2)45-40(60)31-56(43(61)32-57-33-50(3,4)58-47(62)35-12-14-36(15-13-35)67-29-26-59-24-27-66-28-25-59)23-22-54(10)37(46(45)56)16-17-42-53(9)20-19-44(52(7,8)41(53)18-21-55(42,54)11)68-49(65)39-30-38(48(63)64)51(39,5)6/h12-15,34,37-39,41-44,57,61H,16-33H2,1-11H3,(H,58,62)(H,63,64)/t37-,38+,39-,41+,42-,43+,44+,53+,54-,55-,56+/m1/s1. The number of rotatable bonds is 15. The monoisotopic (exact) mass is 944 g/mol. The Bertz CT molecular complexity index is 2130. The molecule has 0 unspecified atom stereocenters. The van der Waals surface area contributed by atoms with Crippen LogP contribution in [0.15, 0.2) is 35.4 Å². The molecule has 1 saturated heterocycles. The molecule has 0 spiro atoms. The van der Waals surface area contributed by atoms with E-state index in [1.54, 1.807) is 12.1 Å². The van der Waals surface area contributed by atoms with E-state index in [0.717, 1.165) is 95.5 Å². The molecule has 12 heteroatoms. The summed E-state index contributed by atoms with van der Waals surface area (Å²) in [5.74, 6) is -0.174. The van der Waals surface area contributed by atoms with Gasteiger partial charge in [0.15, 0.2) is 5.78 Å². The molecule has 11 atom stereocenters. The first-order chi connectivity index (χ1) is 31.8. The van der Waals surface area contributed by atoms with Gasteiger partial charge < -0.3 is 35.1 Å². The number of hydrogen-bond acceptors (Lipinski definition) is 10. The second-order valence-corrected chi connectivity index (χ2v) is 25.5. The van der Waals surface area contributed by atoms with Gasteiger partial charge in [0, 0.05) is 61.1 Å². The maximum absolute atomic E-state index is 14.3. The lowest BCUT2D eigenvalue weighted by Gasteiger charge is -2.72. The van der Waals surface area contributed by atoms with Crippen molar-refractivity contribution in [3.05, 3.63) is 41.0 Å². The molecule has 1 aromatic carbocycles. The number of carboxylic acids is 1. The summed E-state index contributed by atoms with van der Waals surface area (Å²) in [4.78, 5) is 55.6. The summed E-state index contributed by atoms with van der Waals surface area (Å²) < 4.78 is 17.8. The number of hydrogen-bond donors (Lipinski definition) is 4. The maximum Gasteiger partial charge on any atom is 0.309 e. The molecule has 0 bridgehead atoms. The number of aliphatic carboxylic acids is 1. The number of morpholine rings is 1. The van der Waals surface area contributed by atoms with Gasteiger partial charge in [0.25, 0.3) is 5.91 Å². The first-order valence-electron chi connectivity index (χ1n) is 26.3. The number of carbonyl (C=O) groups is 4. The number of allylic oxidation sites excluding steroid dienone is 1. The van der Waals surface area contributed by atoms with Crippen LogP contribution in [-0.4, -0.2) is 109 Å². The zero-order chi connectivity index (χ0) is 49.4. The molecule has 68 heavy (non-hydrogen) atoms. The minimum Gasteiger partial charge on any atom is -0.492 e. The average molecular weight is 944 g/mol. The predicted octanol–water partition coefficient (Wildman–Crippen LogP) is 8.50. The van der Waals surface area contributed by atoms with Crippen LogP contribution in [0.3, 0.4) is 0 Å². The van der Waals surface area contributed by atoms with Crippen LogP contribution in [0, 0.1) is 68.0 Å². The van der Waals surface area contributed by atoms with Gasteiger partial charge in [-0.1, -0.05) is 67.9 Å². The van der Waals surface area contributed by atoms with Crippen molar-refractivity contribution in [1.82, 2.24) is 15.5 Å². The molecule has 5 saturated carbocycles. The van der Waals surface area contributed by atoms with E-state index < -0.39 is 40.3 Å². The van der Waals surface area contributed by atoms with Gasteiger partial charge in [-0.25, -0.2) is 0 Å². The summed E-state index contributed by atoms with van der Waals surface area (Å²) >= 11 is 0. The van der Waals surface area contributed by atoms with Crippen LogP contribution in [0.2, 0.25) is 0 Å². The summed E-state index contributed by atoms with van der Waals surface area (Å²) in [6.45, 7) is 29.8. The number of aliphatic hydroxyl groups is 1. The highest BCUT2D eigenvalue weighted by atomic mass is 16.5. The smallest absolute Gasteiger partial charge is 0.309 e. The topological polar surface area (TPSA) is 164 Å². The highest BCUT2D eigenvalue weighted by molar-refractivity contribution is 6.01. The van der Waals surface area contributed by atoms with Crippen LogP contribution in [0.4, 0.5) is 0 Å². The quantitative estimate of drug-likeness (QED) is 0.125. The van der Waals surface area contributed by atoms with E-state index in [1.165, 1.54) is 5.57 Å². The molecule has 0 radical (unpaired) electrons. The molecule has 1 amide bonds. The maximum atomic E-state index is 14.3. The average Bonchev–Trinajstić information content (AvgIpc) is 3.58. The van der Waals surface area contributed by atoms with Crippen LogP contribution in [0.25, 0.3) is 0 Å². The second kappa shape index (κ2) is 18.4. The normalized spacial score (nSPS) is 36.9. The molecule has 7 aliphatic rings. The fraction of sp³-hybridized carbons (Fsp3) is 0.786. The number of esters is 1. The molecule has 4 N–H and O–H groups in total. The van der Waals surface area contributed by atoms with Crippen LogP contribution < -0.4 is 15.4 Å². The number of ketones is 1. The molecule has 378 valence electrons. The van der Waals surface area contributed by atoms with E-state index in [0.29, 0.717) is 49.9 Å². The van der Waals surface area contributed by atoms with Crippen LogP contribution in [-0.2, 0) is 23.9 Å². The Morgan fingerprint density at radius 2 is 1.56 bits per heavy atom. The summed E-state index contributed by atoms with van der Waals surface area (Å²) in [7, 11) is 0. The summed E-state index contributed by atoms with van der Waals surface area (Å²) in [5, 5.41) is 28.9. The molecular formula is C56H85N3O9. The molecule has 1 aliphatic heterocycles. The third-order valence-corrected chi connectivity index (χ3v) is 20.4. The number of amides is 1. The Morgan fingerprint density at radius 1 is 0.868 bits per heavy atom. The van der Waals surface area contributed by atoms with Crippen molar-refractivity contribution in [1.29, 1.82) is 0 Å². The van der Waals surface area contributed by atoms with Crippen molar-refractivity contribution in [2.45, 2.75) is 158 Å². The van der Waals surface area contributed by atoms with Crippen LogP contribution in [0.5, 0.6) is 5.75 Å². The Morgan fingerprint density at radius 3 is 2.21 bits per heavy atom. The number of nitrogens with one attached hydrogen (secondary N) is 2. The second-order valence-electron chi connectivity index (χ2n) is 25.5. The molecule has 1 heterocycles. The van der Waals surface area contributed by atoms with Gasteiger partial charge in [-0.2, -0.15) is 0 Å². The Kier molecular flexibility index (Phi) is 13.8. The molecule has 8 rings (SSSR count). The summed E-state index contributed by atoms with van der Waals surface area (Å²) in [6.07, 6.45) is 7.35. The van der Waals surface area contributed by atoms with E-state index in [9.17, 15) is 29.4 Å². The first kappa shape index (κ1) is 51.0. The number of ether oxygens (including phenoxy) is 3. The fourth-order valence-corrected chi connectivity index (χ4v) is 16.2. The highest BCUT2D eigenvalue weighted by Crippen LogP contribution is 2.77. The molecule has 12 nitrogen and oxygen atoms in total. The predicted molar refractivity (Wildman–Crippen MR) is 262 cm³/mol. The Labute approximate surface area is 406 Å². The van der Waals surface area contributed by atoms with E-state index in [-0.39, 0.29) is 57.3 Å². The van der Waals surface area contributed by atoms with Crippen LogP contribution in [0.1, 0.15) is 151 Å². The minimum absolute atomic E-state index is 0.0112. The molecule has 6 aliphatic carbocycles. The molecule has 1 aromatic rings. The first-order valence-corrected chi connectivity index (χ1v) is 26.3. The number of nitrogens with zero attached hydrogens (tertiary/aromatic N) is 1. The third-order valence-electron chi connectivity index (χ3n) is 20.4. The van der Waals surface area contributed by atoms with E-state index in [2.05, 4.69) is 64.0 Å². The number of aliphatic hydroxyl groups excluding tert-OH is 1. The zero-order valence-electron chi connectivity index (χ0n) is 43.4. The summed E-state index contributed by atoms with van der Waals surface area (Å²) in [5.41, 5.74) is 0.634. The molecule has 0 aromatic heterocycles. The van der Waals surface area contributed by atoms with Crippen molar-refractivity contribution >= 4 is 23.6 Å². The molecular weight excluding hydrogens is 859 g/mol. The lowest BCUT2D eigenvalue weighted by molar-refractivity contribution is -0.238. The Hall–Kier alpha value is -3.32. The van der Waals surface area contributed by atoms with E-state index in [4.69, 9.17) is 14.2 Å². The van der Waals surface area contributed by atoms with E-state index >= 15 is 0 Å². The van der Waals surface area contributed by atoms with Crippen molar-refractivity contribution < 1.29 is 43.6 Å². The number of fused-ring (bicyclic) bond motifs is 7. The lowest BCUT2D eigenvalue weighted by Crippen LogP contribution is -2.66. The van der Waals surface area contributed by atoms with Gasteiger partial charge in [0.2, 0.25) is 0 Å². The number of carboxylic acid groups (broad SMARTS) is 1. The molecule has 6 fully saturated rings. The number of carbonyl (C=O) groups excluding carboxylic acids is 3. The largest absolute Gasteiger partial charge is 0.492 e. The van der Waals surface area contributed by atoms with Gasteiger partial charge in [-0.3, -0.25) is 24.1 Å². The van der Waals surface area contributed by atoms with Gasteiger partial charge in [-0.05, 0) is 147 Å².